The van der Waals surface area contributed by atoms with Gasteiger partial charge < -0.3 is 5.32 Å². The van der Waals surface area contributed by atoms with Gasteiger partial charge in [-0.25, -0.2) is 0 Å². The highest BCUT2D eigenvalue weighted by Gasteiger charge is 2.16. The Kier molecular flexibility index (Phi) is 4.18. The molecule has 0 heterocycles. The van der Waals surface area contributed by atoms with E-state index in [4.69, 9.17) is 11.6 Å². The molecule has 0 bridgehead atoms. The molecule has 1 rings (SSSR count). The van der Waals surface area contributed by atoms with Gasteiger partial charge in [-0.05, 0) is 49.6 Å². The number of nitrogens with one attached hydrogen (secondary N) is 1. The van der Waals surface area contributed by atoms with E-state index in [9.17, 15) is 0 Å². The maximum Gasteiger partial charge on any atom is 0.0438 e. The highest BCUT2D eigenvalue weighted by molar-refractivity contribution is 6.31. The van der Waals surface area contributed by atoms with Crippen LogP contribution in [0.25, 0.3) is 0 Å². The Bertz CT molecular complexity index is 345. The Morgan fingerprint density at radius 3 is 2.20 bits per heavy atom. The van der Waals surface area contributed by atoms with Gasteiger partial charge in [0.15, 0.2) is 0 Å². The van der Waals surface area contributed by atoms with Crippen molar-refractivity contribution in [1.29, 1.82) is 0 Å². The van der Waals surface area contributed by atoms with Crippen molar-refractivity contribution in [2.45, 2.75) is 33.7 Å². The lowest BCUT2D eigenvalue weighted by molar-refractivity contribution is 0.441. The molecule has 0 saturated heterocycles. The monoisotopic (exact) mass is 225 g/mol. The molecule has 2 heteroatoms. The average molecular weight is 226 g/mol. The molecule has 1 unspecified atom stereocenters. The smallest absolute Gasteiger partial charge is 0.0438 e. The molecule has 0 amide bonds. The van der Waals surface area contributed by atoms with E-state index in [1.807, 2.05) is 7.05 Å². The van der Waals surface area contributed by atoms with Gasteiger partial charge in [0.25, 0.3) is 0 Å². The third kappa shape index (κ3) is 2.73. The van der Waals surface area contributed by atoms with Crippen LogP contribution in [0.4, 0.5) is 0 Å². The van der Waals surface area contributed by atoms with E-state index in [0.717, 1.165) is 10.6 Å². The Labute approximate surface area is 97.8 Å². The molecule has 84 valence electrons. The summed E-state index contributed by atoms with van der Waals surface area (Å²) < 4.78 is 0. The summed E-state index contributed by atoms with van der Waals surface area (Å²) in [5.41, 5.74) is 3.77. The molecule has 1 N–H and O–H groups in total. The molecule has 0 saturated carbocycles. The third-order valence-electron chi connectivity index (χ3n) is 2.86. The van der Waals surface area contributed by atoms with Crippen LogP contribution in [0.3, 0.4) is 0 Å². The van der Waals surface area contributed by atoms with Crippen LogP contribution in [0.2, 0.25) is 5.02 Å². The zero-order valence-corrected chi connectivity index (χ0v) is 10.9. The first-order valence-corrected chi connectivity index (χ1v) is 5.79. The predicted molar refractivity (Wildman–Crippen MR) is 67.6 cm³/mol. The Morgan fingerprint density at radius 2 is 1.73 bits per heavy atom. The van der Waals surface area contributed by atoms with Crippen molar-refractivity contribution in [3.8, 4) is 0 Å². The first-order valence-electron chi connectivity index (χ1n) is 5.41. The number of hydrogen-bond acceptors (Lipinski definition) is 1. The van der Waals surface area contributed by atoms with E-state index < -0.39 is 0 Å². The quantitative estimate of drug-likeness (QED) is 0.824. The van der Waals surface area contributed by atoms with E-state index in [1.54, 1.807) is 0 Å². The average Bonchev–Trinajstić information content (AvgIpc) is 2.14. The Hall–Kier alpha value is -0.530. The summed E-state index contributed by atoms with van der Waals surface area (Å²) in [4.78, 5) is 0. The molecular formula is C13H20ClN. The minimum absolute atomic E-state index is 0.404. The standard InChI is InChI=1S/C13H20ClN/c1-8(2)13(15-5)11-6-10(4)12(14)7-9(11)3/h6-8,13,15H,1-5H3. The molecule has 0 spiro atoms. The van der Waals surface area contributed by atoms with Crippen molar-refractivity contribution in [2.75, 3.05) is 7.05 Å². The number of rotatable bonds is 3. The summed E-state index contributed by atoms with van der Waals surface area (Å²) in [7, 11) is 2.01. The van der Waals surface area contributed by atoms with Crippen LogP contribution >= 0.6 is 11.6 Å². The molecule has 1 aromatic rings. The largest absolute Gasteiger partial charge is 0.313 e. The van der Waals surface area contributed by atoms with Crippen LogP contribution in [-0.4, -0.2) is 7.05 Å². The molecule has 0 radical (unpaired) electrons. The number of aryl methyl sites for hydroxylation is 2. The highest BCUT2D eigenvalue weighted by Crippen LogP contribution is 2.28. The molecule has 1 aromatic carbocycles. The van der Waals surface area contributed by atoms with Crippen LogP contribution < -0.4 is 5.32 Å². The summed E-state index contributed by atoms with van der Waals surface area (Å²) in [6, 6.07) is 4.65. The predicted octanol–water partition coefficient (Wildman–Crippen LogP) is 3.87. The van der Waals surface area contributed by atoms with Gasteiger partial charge in [-0.3, -0.25) is 0 Å². The van der Waals surface area contributed by atoms with Crippen LogP contribution in [0.15, 0.2) is 12.1 Å². The van der Waals surface area contributed by atoms with Crippen LogP contribution in [0, 0.1) is 19.8 Å². The van der Waals surface area contributed by atoms with E-state index >= 15 is 0 Å². The fourth-order valence-electron chi connectivity index (χ4n) is 1.99. The number of hydrogen-bond donors (Lipinski definition) is 1. The minimum atomic E-state index is 0.404. The SMILES string of the molecule is CNC(c1cc(C)c(Cl)cc1C)C(C)C. The molecule has 0 fully saturated rings. The summed E-state index contributed by atoms with van der Waals surface area (Å²) in [6.07, 6.45) is 0. The Morgan fingerprint density at radius 1 is 1.13 bits per heavy atom. The first-order chi connectivity index (χ1) is 6.97. The molecule has 0 aliphatic rings. The van der Waals surface area contributed by atoms with E-state index in [-0.39, 0.29) is 0 Å². The van der Waals surface area contributed by atoms with Gasteiger partial charge in [-0.2, -0.15) is 0 Å². The van der Waals surface area contributed by atoms with Crippen molar-refractivity contribution in [3.05, 3.63) is 33.8 Å². The summed E-state index contributed by atoms with van der Waals surface area (Å²) in [5.74, 6) is 0.578. The molecule has 0 aliphatic heterocycles. The lowest BCUT2D eigenvalue weighted by Crippen LogP contribution is -2.22. The van der Waals surface area contributed by atoms with Gasteiger partial charge in [-0.15, -0.1) is 0 Å². The second-order valence-electron chi connectivity index (χ2n) is 4.47. The zero-order chi connectivity index (χ0) is 11.6. The minimum Gasteiger partial charge on any atom is -0.313 e. The van der Waals surface area contributed by atoms with Gasteiger partial charge in [0.05, 0.1) is 0 Å². The highest BCUT2D eigenvalue weighted by atomic mass is 35.5. The maximum atomic E-state index is 6.09. The second kappa shape index (κ2) is 5.00. The fraction of sp³-hybridized carbons (Fsp3) is 0.538. The van der Waals surface area contributed by atoms with Crippen molar-refractivity contribution in [1.82, 2.24) is 5.32 Å². The number of benzene rings is 1. The molecule has 15 heavy (non-hydrogen) atoms. The maximum absolute atomic E-state index is 6.09. The molecular weight excluding hydrogens is 206 g/mol. The van der Waals surface area contributed by atoms with Gasteiger partial charge in [0, 0.05) is 11.1 Å². The zero-order valence-electron chi connectivity index (χ0n) is 10.2. The van der Waals surface area contributed by atoms with Crippen molar-refractivity contribution < 1.29 is 0 Å². The topological polar surface area (TPSA) is 12.0 Å². The first kappa shape index (κ1) is 12.5. The molecule has 0 aliphatic carbocycles. The molecule has 1 nitrogen and oxygen atoms in total. The van der Waals surface area contributed by atoms with Gasteiger partial charge >= 0.3 is 0 Å². The third-order valence-corrected chi connectivity index (χ3v) is 3.27. The van der Waals surface area contributed by atoms with E-state index in [1.165, 1.54) is 11.1 Å². The van der Waals surface area contributed by atoms with Crippen molar-refractivity contribution in [2.24, 2.45) is 5.92 Å². The van der Waals surface area contributed by atoms with E-state index in [2.05, 4.69) is 45.1 Å². The lowest BCUT2D eigenvalue weighted by atomic mass is 9.91. The fourth-order valence-corrected chi connectivity index (χ4v) is 2.20. The van der Waals surface area contributed by atoms with Crippen LogP contribution in [-0.2, 0) is 0 Å². The molecule has 1 atom stereocenters. The van der Waals surface area contributed by atoms with Crippen molar-refractivity contribution in [3.63, 3.8) is 0 Å². The number of halogens is 1. The lowest BCUT2D eigenvalue weighted by Gasteiger charge is -2.23. The van der Waals surface area contributed by atoms with Gasteiger partial charge in [-0.1, -0.05) is 31.5 Å². The second-order valence-corrected chi connectivity index (χ2v) is 4.88. The van der Waals surface area contributed by atoms with Crippen LogP contribution in [0.1, 0.15) is 36.6 Å². The van der Waals surface area contributed by atoms with E-state index in [0.29, 0.717) is 12.0 Å². The normalized spacial score (nSPS) is 13.3. The van der Waals surface area contributed by atoms with Gasteiger partial charge in [0.1, 0.15) is 0 Å². The summed E-state index contributed by atoms with van der Waals surface area (Å²) in [6.45, 7) is 8.63. The molecule has 0 aromatic heterocycles. The van der Waals surface area contributed by atoms with Crippen molar-refractivity contribution >= 4 is 11.6 Å². The summed E-state index contributed by atoms with van der Waals surface area (Å²) >= 11 is 6.09. The summed E-state index contributed by atoms with van der Waals surface area (Å²) in [5, 5.41) is 4.22. The Balaban J connectivity index is 3.18. The van der Waals surface area contributed by atoms with Crippen LogP contribution in [0.5, 0.6) is 0 Å². The van der Waals surface area contributed by atoms with Gasteiger partial charge in [0.2, 0.25) is 0 Å².